The molecular formula is C12H14F4N2O. The summed E-state index contributed by atoms with van der Waals surface area (Å²) in [6.07, 6.45) is -3.72. The molecule has 0 saturated heterocycles. The van der Waals surface area contributed by atoms with Gasteiger partial charge in [-0.2, -0.15) is 13.2 Å². The van der Waals surface area contributed by atoms with Crippen LogP contribution >= 0.6 is 0 Å². The van der Waals surface area contributed by atoms with Crippen LogP contribution in [-0.4, -0.2) is 11.9 Å². The van der Waals surface area contributed by atoms with Gasteiger partial charge in [0.05, 0.1) is 11.6 Å². The van der Waals surface area contributed by atoms with Crippen LogP contribution in [0.25, 0.3) is 0 Å². The number of halogens is 4. The quantitative estimate of drug-likeness (QED) is 0.832. The summed E-state index contributed by atoms with van der Waals surface area (Å²) < 4.78 is 50.4. The zero-order valence-electron chi connectivity index (χ0n) is 10.2. The number of alkyl halides is 3. The van der Waals surface area contributed by atoms with Crippen molar-refractivity contribution < 1.29 is 22.4 Å². The van der Waals surface area contributed by atoms with Gasteiger partial charge in [0.2, 0.25) is 5.91 Å². The van der Waals surface area contributed by atoms with Gasteiger partial charge in [0.1, 0.15) is 5.82 Å². The topological polar surface area (TPSA) is 55.1 Å². The number of anilines is 1. The van der Waals surface area contributed by atoms with Crippen molar-refractivity contribution in [2.24, 2.45) is 5.73 Å². The highest BCUT2D eigenvalue weighted by Crippen LogP contribution is 2.32. The van der Waals surface area contributed by atoms with Gasteiger partial charge in [-0.25, -0.2) is 4.39 Å². The van der Waals surface area contributed by atoms with Crippen molar-refractivity contribution in [1.29, 1.82) is 0 Å². The van der Waals surface area contributed by atoms with Gasteiger partial charge in [-0.1, -0.05) is 13.3 Å². The Bertz CT molecular complexity index is 460. The van der Waals surface area contributed by atoms with Gasteiger partial charge in [-0.3, -0.25) is 4.79 Å². The van der Waals surface area contributed by atoms with E-state index in [0.29, 0.717) is 25.0 Å². The van der Waals surface area contributed by atoms with Crippen LogP contribution in [-0.2, 0) is 11.0 Å². The average molecular weight is 278 g/mol. The first-order valence-corrected chi connectivity index (χ1v) is 5.69. The monoisotopic (exact) mass is 278 g/mol. The van der Waals surface area contributed by atoms with E-state index in [1.54, 1.807) is 0 Å². The SMILES string of the molecule is CCC[C@H](N)C(=O)Nc1ccc(F)c(C(F)(F)F)c1. The zero-order chi connectivity index (χ0) is 14.6. The van der Waals surface area contributed by atoms with Crippen molar-refractivity contribution in [2.45, 2.75) is 32.0 Å². The molecule has 7 heteroatoms. The third-order valence-corrected chi connectivity index (χ3v) is 2.48. The second-order valence-electron chi connectivity index (χ2n) is 4.08. The standard InChI is InChI=1S/C12H14F4N2O/c1-2-3-10(17)11(19)18-7-4-5-9(13)8(6-7)12(14,15)16/h4-6,10H,2-3,17H2,1H3,(H,18,19)/t10-/m0/s1. The van der Waals surface area contributed by atoms with E-state index in [9.17, 15) is 22.4 Å². The number of amides is 1. The molecule has 0 aliphatic rings. The van der Waals surface area contributed by atoms with E-state index in [2.05, 4.69) is 5.32 Å². The lowest BCUT2D eigenvalue weighted by Gasteiger charge is -2.13. The molecule has 3 nitrogen and oxygen atoms in total. The minimum absolute atomic E-state index is 0.134. The number of carbonyl (C=O) groups excluding carboxylic acids is 1. The predicted octanol–water partition coefficient (Wildman–Crippen LogP) is 2.91. The highest BCUT2D eigenvalue weighted by molar-refractivity contribution is 5.94. The number of benzene rings is 1. The third kappa shape index (κ3) is 4.20. The van der Waals surface area contributed by atoms with Gasteiger partial charge in [-0.05, 0) is 24.6 Å². The molecule has 0 aliphatic heterocycles. The van der Waals surface area contributed by atoms with E-state index in [1.807, 2.05) is 6.92 Å². The second kappa shape index (κ2) is 6.01. The van der Waals surface area contributed by atoms with Crippen molar-refractivity contribution in [2.75, 3.05) is 5.32 Å². The Morgan fingerprint density at radius 1 is 1.42 bits per heavy atom. The molecule has 1 aromatic carbocycles. The molecule has 0 bridgehead atoms. The van der Waals surface area contributed by atoms with E-state index < -0.39 is 29.5 Å². The molecule has 3 N–H and O–H groups in total. The molecule has 1 atom stereocenters. The Morgan fingerprint density at radius 3 is 2.58 bits per heavy atom. The fourth-order valence-electron chi connectivity index (χ4n) is 1.50. The maximum Gasteiger partial charge on any atom is 0.419 e. The lowest BCUT2D eigenvalue weighted by Crippen LogP contribution is -2.35. The van der Waals surface area contributed by atoms with Gasteiger partial charge in [0.15, 0.2) is 0 Å². The Labute approximate surface area is 107 Å². The normalized spacial score (nSPS) is 13.2. The van der Waals surface area contributed by atoms with Gasteiger partial charge >= 0.3 is 6.18 Å². The Hall–Kier alpha value is -1.63. The van der Waals surface area contributed by atoms with Crippen LogP contribution in [0.15, 0.2) is 18.2 Å². The van der Waals surface area contributed by atoms with E-state index in [1.165, 1.54) is 0 Å². The first-order chi connectivity index (χ1) is 8.75. The molecule has 0 heterocycles. The van der Waals surface area contributed by atoms with Crippen molar-refractivity contribution in [3.05, 3.63) is 29.6 Å². The molecule has 0 fully saturated rings. The highest BCUT2D eigenvalue weighted by atomic mass is 19.4. The van der Waals surface area contributed by atoms with Crippen LogP contribution in [0.2, 0.25) is 0 Å². The molecule has 1 aromatic rings. The Balaban J connectivity index is 2.89. The van der Waals surface area contributed by atoms with E-state index >= 15 is 0 Å². The van der Waals surface area contributed by atoms with Gasteiger partial charge in [0, 0.05) is 5.69 Å². The lowest BCUT2D eigenvalue weighted by molar-refractivity contribution is -0.140. The summed E-state index contributed by atoms with van der Waals surface area (Å²) >= 11 is 0. The van der Waals surface area contributed by atoms with Crippen LogP contribution in [0.3, 0.4) is 0 Å². The van der Waals surface area contributed by atoms with Crippen molar-refractivity contribution >= 4 is 11.6 Å². The number of nitrogens with two attached hydrogens (primary N) is 1. The molecule has 0 unspecified atom stereocenters. The molecule has 0 radical (unpaired) electrons. The number of hydrogen-bond acceptors (Lipinski definition) is 2. The lowest BCUT2D eigenvalue weighted by atomic mass is 10.1. The molecule has 1 rings (SSSR count). The molecule has 106 valence electrons. The summed E-state index contributed by atoms with van der Waals surface area (Å²) in [4.78, 5) is 11.5. The first kappa shape index (κ1) is 15.4. The predicted molar refractivity (Wildman–Crippen MR) is 62.9 cm³/mol. The van der Waals surface area contributed by atoms with Crippen molar-refractivity contribution in [1.82, 2.24) is 0 Å². The van der Waals surface area contributed by atoms with Crippen LogP contribution in [0.1, 0.15) is 25.3 Å². The van der Waals surface area contributed by atoms with Crippen LogP contribution in [0.5, 0.6) is 0 Å². The molecular weight excluding hydrogens is 264 g/mol. The van der Waals surface area contributed by atoms with Gasteiger partial charge in [0.25, 0.3) is 0 Å². The van der Waals surface area contributed by atoms with Crippen LogP contribution in [0.4, 0.5) is 23.2 Å². The summed E-state index contributed by atoms with van der Waals surface area (Å²) in [5, 5.41) is 2.24. The molecule has 0 saturated carbocycles. The minimum Gasteiger partial charge on any atom is -0.325 e. The van der Waals surface area contributed by atoms with Crippen LogP contribution < -0.4 is 11.1 Å². The Kier molecular flexibility index (Phi) is 4.88. The van der Waals surface area contributed by atoms with Crippen molar-refractivity contribution in [3.63, 3.8) is 0 Å². The van der Waals surface area contributed by atoms with E-state index in [-0.39, 0.29) is 5.69 Å². The maximum atomic E-state index is 13.0. The number of hydrogen-bond donors (Lipinski definition) is 2. The van der Waals surface area contributed by atoms with Gasteiger partial charge < -0.3 is 11.1 Å². The molecule has 0 spiro atoms. The fourth-order valence-corrected chi connectivity index (χ4v) is 1.50. The van der Waals surface area contributed by atoms with Crippen LogP contribution in [0, 0.1) is 5.82 Å². The number of carbonyl (C=O) groups is 1. The zero-order valence-corrected chi connectivity index (χ0v) is 10.2. The fraction of sp³-hybridized carbons (Fsp3) is 0.417. The smallest absolute Gasteiger partial charge is 0.325 e. The minimum atomic E-state index is -4.81. The third-order valence-electron chi connectivity index (χ3n) is 2.48. The first-order valence-electron chi connectivity index (χ1n) is 5.69. The second-order valence-corrected chi connectivity index (χ2v) is 4.08. The summed E-state index contributed by atoms with van der Waals surface area (Å²) in [5.41, 5.74) is 3.97. The summed E-state index contributed by atoms with van der Waals surface area (Å²) in [6, 6.07) is 1.46. The highest BCUT2D eigenvalue weighted by Gasteiger charge is 2.34. The summed E-state index contributed by atoms with van der Waals surface area (Å²) in [6.45, 7) is 1.83. The molecule has 19 heavy (non-hydrogen) atoms. The van der Waals surface area contributed by atoms with E-state index in [0.717, 1.165) is 6.07 Å². The Morgan fingerprint density at radius 2 is 2.05 bits per heavy atom. The van der Waals surface area contributed by atoms with E-state index in [4.69, 9.17) is 5.73 Å². The summed E-state index contributed by atoms with van der Waals surface area (Å²) in [7, 11) is 0. The number of nitrogens with one attached hydrogen (secondary N) is 1. The number of rotatable bonds is 4. The molecule has 0 aromatic heterocycles. The molecule has 0 aliphatic carbocycles. The van der Waals surface area contributed by atoms with Gasteiger partial charge in [-0.15, -0.1) is 0 Å². The molecule has 1 amide bonds. The maximum absolute atomic E-state index is 13.0. The summed E-state index contributed by atoms with van der Waals surface area (Å²) in [5.74, 6) is -1.98. The van der Waals surface area contributed by atoms with Crippen molar-refractivity contribution in [3.8, 4) is 0 Å². The largest absolute Gasteiger partial charge is 0.419 e. The average Bonchev–Trinajstić information content (AvgIpc) is 2.30.